The Morgan fingerprint density at radius 3 is 1.66 bits per heavy atom. The van der Waals surface area contributed by atoms with E-state index in [1.165, 1.54) is 0 Å². The summed E-state index contributed by atoms with van der Waals surface area (Å²) in [5, 5.41) is 2.82. The number of rotatable bonds is 8. The zero-order chi connectivity index (χ0) is 20.1. The average Bonchev–Trinajstić information content (AvgIpc) is 2.78. The first-order valence-electron chi connectivity index (χ1n) is 9.46. The van der Waals surface area contributed by atoms with E-state index in [1.807, 2.05) is 54.6 Å². The van der Waals surface area contributed by atoms with Crippen molar-refractivity contribution >= 4 is 24.1 Å². The van der Waals surface area contributed by atoms with Gasteiger partial charge < -0.3 is 10.1 Å². The van der Waals surface area contributed by atoms with E-state index in [-0.39, 0.29) is 23.8 Å². The fourth-order valence-corrected chi connectivity index (χ4v) is 5.46. The van der Waals surface area contributed by atoms with Gasteiger partial charge in [-0.05, 0) is 16.7 Å². The summed E-state index contributed by atoms with van der Waals surface area (Å²) < 4.78 is 4.39. The van der Waals surface area contributed by atoms with Crippen molar-refractivity contribution in [3.05, 3.63) is 108 Å². The van der Waals surface area contributed by atoms with Crippen molar-refractivity contribution in [1.29, 1.82) is 0 Å². The molecule has 1 amide bonds. The highest BCUT2D eigenvalue weighted by atomic mass is 32.2. The molecule has 0 spiro atoms. The van der Waals surface area contributed by atoms with E-state index in [2.05, 4.69) is 41.7 Å². The van der Waals surface area contributed by atoms with Crippen molar-refractivity contribution in [2.75, 3.05) is 6.61 Å². The average molecular weight is 404 g/mol. The molecule has 3 aromatic carbocycles. The van der Waals surface area contributed by atoms with Crippen LogP contribution in [0.5, 0.6) is 0 Å². The number of benzene rings is 3. The van der Waals surface area contributed by atoms with E-state index >= 15 is 0 Å². The second kappa shape index (κ2) is 8.53. The van der Waals surface area contributed by atoms with Gasteiger partial charge in [0.05, 0.1) is 10.1 Å². The lowest BCUT2D eigenvalue weighted by atomic mass is 9.84. The van der Waals surface area contributed by atoms with E-state index in [1.54, 1.807) is 11.8 Å². The molecule has 0 aromatic heterocycles. The van der Waals surface area contributed by atoms with Gasteiger partial charge in [-0.1, -0.05) is 91.0 Å². The van der Waals surface area contributed by atoms with Crippen LogP contribution in [0.1, 0.15) is 16.7 Å². The number of thioether (sulfide) groups is 1. The number of hydrogen-bond acceptors (Lipinski definition) is 4. The maximum absolute atomic E-state index is 12.1. The summed E-state index contributed by atoms with van der Waals surface area (Å²) in [6.07, 6.45) is 0. The van der Waals surface area contributed by atoms with E-state index in [0.29, 0.717) is 6.47 Å². The van der Waals surface area contributed by atoms with E-state index < -0.39 is 4.75 Å². The van der Waals surface area contributed by atoms with Crippen LogP contribution in [0.15, 0.2) is 91.0 Å². The summed E-state index contributed by atoms with van der Waals surface area (Å²) in [7, 11) is 0. The molecule has 1 saturated heterocycles. The van der Waals surface area contributed by atoms with Crippen LogP contribution < -0.4 is 5.32 Å². The summed E-state index contributed by atoms with van der Waals surface area (Å²) in [6, 6.07) is 30.9. The minimum Gasteiger partial charge on any atom is -0.467 e. The molecule has 3 aromatic rings. The van der Waals surface area contributed by atoms with Gasteiger partial charge in [-0.15, -0.1) is 11.8 Å². The molecule has 0 bridgehead atoms. The molecule has 0 saturated carbocycles. The maximum Gasteiger partial charge on any atom is 0.293 e. The fourth-order valence-electron chi connectivity index (χ4n) is 3.72. The lowest BCUT2D eigenvalue weighted by molar-refractivity contribution is -0.139. The molecule has 1 aliphatic rings. The van der Waals surface area contributed by atoms with Crippen molar-refractivity contribution in [1.82, 2.24) is 5.32 Å². The summed E-state index contributed by atoms with van der Waals surface area (Å²) >= 11 is 1.67. The Balaban J connectivity index is 1.84. The van der Waals surface area contributed by atoms with Crippen LogP contribution in [0.25, 0.3) is 0 Å². The van der Waals surface area contributed by atoms with Crippen LogP contribution in [0.3, 0.4) is 0 Å². The second-order valence-corrected chi connectivity index (χ2v) is 8.22. The lowest BCUT2D eigenvalue weighted by Gasteiger charge is -2.44. The Hall–Kier alpha value is -3.05. The highest BCUT2D eigenvalue weighted by Crippen LogP contribution is 2.52. The van der Waals surface area contributed by atoms with E-state index in [4.69, 9.17) is 4.74 Å². The fraction of sp³-hybridized carbons (Fsp3) is 0.167. The van der Waals surface area contributed by atoms with Crippen LogP contribution in [-0.4, -0.2) is 24.4 Å². The predicted octanol–water partition coefficient (Wildman–Crippen LogP) is 3.96. The minimum absolute atomic E-state index is 0.0848. The Kier molecular flexibility index (Phi) is 5.67. The first-order valence-corrected chi connectivity index (χ1v) is 10.3. The third-order valence-electron chi connectivity index (χ3n) is 5.18. The molecule has 1 heterocycles. The van der Waals surface area contributed by atoms with Gasteiger partial charge in [0.25, 0.3) is 6.47 Å². The number of carbonyl (C=O) groups excluding carboxylic acids is 2. The van der Waals surface area contributed by atoms with Crippen LogP contribution in [-0.2, 0) is 19.1 Å². The SMILES string of the molecule is O=COC[C@@H]1C(=O)N[C@H]1SC(c1ccccc1)(c1ccccc1)c1ccccc1. The highest BCUT2D eigenvalue weighted by Gasteiger charge is 2.48. The highest BCUT2D eigenvalue weighted by molar-refractivity contribution is 8.01. The second-order valence-electron chi connectivity index (χ2n) is 6.86. The molecular weight excluding hydrogens is 382 g/mol. The Bertz CT molecular complexity index is 867. The number of ether oxygens (including phenoxy) is 1. The minimum atomic E-state index is -0.526. The first-order chi connectivity index (χ1) is 14.3. The summed E-state index contributed by atoms with van der Waals surface area (Å²) in [4.78, 5) is 22.8. The number of nitrogens with one attached hydrogen (secondary N) is 1. The number of hydrogen-bond donors (Lipinski definition) is 1. The van der Waals surface area contributed by atoms with Crippen LogP contribution in [0.2, 0.25) is 0 Å². The van der Waals surface area contributed by atoms with Gasteiger partial charge >= 0.3 is 0 Å². The summed E-state index contributed by atoms with van der Waals surface area (Å²) in [5.41, 5.74) is 3.37. The Labute approximate surface area is 174 Å². The third kappa shape index (κ3) is 3.66. The monoisotopic (exact) mass is 403 g/mol. The molecule has 0 aliphatic carbocycles. The first kappa shape index (κ1) is 19.3. The zero-order valence-electron chi connectivity index (χ0n) is 15.7. The van der Waals surface area contributed by atoms with Gasteiger partial charge in [0.15, 0.2) is 0 Å². The van der Waals surface area contributed by atoms with Crippen molar-refractivity contribution < 1.29 is 14.3 Å². The number of carbonyl (C=O) groups is 2. The largest absolute Gasteiger partial charge is 0.467 e. The standard InChI is InChI=1S/C24H21NO3S/c26-17-28-16-21-22(27)25-23(21)29-24(18-10-4-1-5-11-18,19-12-6-2-7-13-19)20-14-8-3-9-15-20/h1-15,17,21,23H,16H2,(H,25,27)/t21-,23+/m1/s1. The Morgan fingerprint density at radius 1 is 0.828 bits per heavy atom. The molecule has 5 heteroatoms. The van der Waals surface area contributed by atoms with Crippen LogP contribution >= 0.6 is 11.8 Å². The summed E-state index contributed by atoms with van der Waals surface area (Å²) in [6.45, 7) is 0.480. The van der Waals surface area contributed by atoms with Gasteiger partial charge in [0.2, 0.25) is 5.91 Å². The molecule has 1 fully saturated rings. The molecule has 146 valence electrons. The van der Waals surface area contributed by atoms with Crippen molar-refractivity contribution in [3.8, 4) is 0 Å². The van der Waals surface area contributed by atoms with Crippen LogP contribution in [0, 0.1) is 5.92 Å². The van der Waals surface area contributed by atoms with Gasteiger partial charge in [-0.2, -0.15) is 0 Å². The van der Waals surface area contributed by atoms with Gasteiger partial charge in [0, 0.05) is 0 Å². The number of β-lactam (4-membered cyclic amide) rings is 1. The van der Waals surface area contributed by atoms with Gasteiger partial charge in [-0.3, -0.25) is 9.59 Å². The Morgan fingerprint density at radius 2 is 1.28 bits per heavy atom. The quantitative estimate of drug-likeness (QED) is 0.351. The van der Waals surface area contributed by atoms with Crippen molar-refractivity contribution in [2.45, 2.75) is 10.1 Å². The molecule has 2 atom stereocenters. The molecule has 0 unspecified atom stereocenters. The van der Waals surface area contributed by atoms with Crippen LogP contribution in [0.4, 0.5) is 0 Å². The third-order valence-corrected chi connectivity index (χ3v) is 6.94. The van der Waals surface area contributed by atoms with Crippen molar-refractivity contribution in [2.24, 2.45) is 5.92 Å². The van der Waals surface area contributed by atoms with E-state index in [9.17, 15) is 9.59 Å². The normalized spacial score (nSPS) is 18.4. The van der Waals surface area contributed by atoms with Gasteiger partial charge in [-0.25, -0.2) is 0 Å². The molecule has 29 heavy (non-hydrogen) atoms. The molecule has 0 radical (unpaired) electrons. The molecule has 1 N–H and O–H groups in total. The van der Waals surface area contributed by atoms with Crippen molar-refractivity contribution in [3.63, 3.8) is 0 Å². The van der Waals surface area contributed by atoms with E-state index in [0.717, 1.165) is 16.7 Å². The molecular formula is C24H21NO3S. The summed E-state index contributed by atoms with van der Waals surface area (Å²) in [5.74, 6) is -0.465. The number of amides is 1. The topological polar surface area (TPSA) is 55.4 Å². The molecule has 4 nitrogen and oxygen atoms in total. The molecule has 1 aliphatic heterocycles. The lowest BCUT2D eigenvalue weighted by Crippen LogP contribution is -2.59. The smallest absolute Gasteiger partial charge is 0.293 e. The predicted molar refractivity (Wildman–Crippen MR) is 114 cm³/mol. The maximum atomic E-state index is 12.1. The van der Waals surface area contributed by atoms with Gasteiger partial charge in [0.1, 0.15) is 12.5 Å². The molecule has 4 rings (SSSR count). The zero-order valence-corrected chi connectivity index (χ0v) is 16.5.